The van der Waals surface area contributed by atoms with Crippen LogP contribution in [0.5, 0.6) is 0 Å². The zero-order valence-corrected chi connectivity index (χ0v) is 9.63. The van der Waals surface area contributed by atoms with Crippen molar-refractivity contribution in [3.8, 4) is 0 Å². The fraction of sp³-hybridized carbons (Fsp3) is 0.800. The summed E-state index contributed by atoms with van der Waals surface area (Å²) in [5.41, 5.74) is 0. The standard InChI is InChI=1S/C10H18O7/c11-2-1-4-14-6-8-16-10(13)17-9-7-15-5-3-12/h2,12H,1,3-9H2. The van der Waals surface area contributed by atoms with Crippen molar-refractivity contribution >= 4 is 12.4 Å². The fourth-order valence-electron chi connectivity index (χ4n) is 0.810. The van der Waals surface area contributed by atoms with Gasteiger partial charge in [-0.25, -0.2) is 4.79 Å². The second kappa shape index (κ2) is 12.9. The predicted molar refractivity (Wildman–Crippen MR) is 56.7 cm³/mol. The molecule has 0 amide bonds. The minimum absolute atomic E-state index is 0.0669. The van der Waals surface area contributed by atoms with Crippen LogP contribution in [0.15, 0.2) is 0 Å². The summed E-state index contributed by atoms with van der Waals surface area (Å²) in [7, 11) is 0. The highest BCUT2D eigenvalue weighted by atomic mass is 16.7. The Labute approximate surface area is 99.6 Å². The van der Waals surface area contributed by atoms with E-state index in [1.807, 2.05) is 0 Å². The van der Waals surface area contributed by atoms with Crippen molar-refractivity contribution in [3.05, 3.63) is 0 Å². The molecule has 0 unspecified atom stereocenters. The van der Waals surface area contributed by atoms with E-state index in [0.29, 0.717) is 13.0 Å². The molecule has 0 aromatic rings. The maximum atomic E-state index is 10.9. The van der Waals surface area contributed by atoms with Gasteiger partial charge in [0.1, 0.15) is 19.5 Å². The number of aliphatic hydroxyl groups is 1. The highest BCUT2D eigenvalue weighted by molar-refractivity contribution is 5.59. The van der Waals surface area contributed by atoms with Crippen LogP contribution in [0.4, 0.5) is 4.79 Å². The summed E-state index contributed by atoms with van der Waals surface area (Å²) in [5.74, 6) is 0. The number of ether oxygens (including phenoxy) is 4. The van der Waals surface area contributed by atoms with Crippen molar-refractivity contribution in [1.82, 2.24) is 0 Å². The lowest BCUT2D eigenvalue weighted by Crippen LogP contribution is -2.15. The van der Waals surface area contributed by atoms with Gasteiger partial charge in [-0.15, -0.1) is 0 Å². The molecule has 0 rings (SSSR count). The third-order valence-electron chi connectivity index (χ3n) is 1.51. The van der Waals surface area contributed by atoms with E-state index in [4.69, 9.17) is 14.6 Å². The van der Waals surface area contributed by atoms with Crippen LogP contribution in [-0.4, -0.2) is 63.8 Å². The first kappa shape index (κ1) is 15.8. The third-order valence-corrected chi connectivity index (χ3v) is 1.51. The SMILES string of the molecule is O=CCCOCCOC(=O)OCCOCCO. The minimum Gasteiger partial charge on any atom is -0.432 e. The minimum atomic E-state index is -0.795. The van der Waals surface area contributed by atoms with Crippen LogP contribution in [0, 0.1) is 0 Å². The number of aliphatic hydroxyl groups excluding tert-OH is 1. The molecule has 0 saturated heterocycles. The van der Waals surface area contributed by atoms with Crippen LogP contribution >= 0.6 is 0 Å². The van der Waals surface area contributed by atoms with E-state index in [1.165, 1.54) is 0 Å². The van der Waals surface area contributed by atoms with E-state index >= 15 is 0 Å². The van der Waals surface area contributed by atoms with Crippen LogP contribution in [0.1, 0.15) is 6.42 Å². The van der Waals surface area contributed by atoms with Crippen molar-refractivity contribution < 1.29 is 33.6 Å². The van der Waals surface area contributed by atoms with Crippen LogP contribution in [0.3, 0.4) is 0 Å². The molecule has 0 saturated carbocycles. The van der Waals surface area contributed by atoms with Gasteiger partial charge < -0.3 is 28.8 Å². The Bertz CT molecular complexity index is 195. The highest BCUT2D eigenvalue weighted by Gasteiger charge is 2.02. The molecule has 7 nitrogen and oxygen atoms in total. The van der Waals surface area contributed by atoms with Gasteiger partial charge in [-0.2, -0.15) is 0 Å². The van der Waals surface area contributed by atoms with Gasteiger partial charge in [-0.3, -0.25) is 0 Å². The monoisotopic (exact) mass is 250 g/mol. The summed E-state index contributed by atoms with van der Waals surface area (Å²) in [5, 5.41) is 8.39. The Balaban J connectivity index is 3.14. The van der Waals surface area contributed by atoms with Crippen LogP contribution in [-0.2, 0) is 23.7 Å². The molecule has 0 heterocycles. The molecule has 0 aromatic heterocycles. The highest BCUT2D eigenvalue weighted by Crippen LogP contribution is 1.87. The summed E-state index contributed by atoms with van der Waals surface area (Å²) in [6, 6.07) is 0. The van der Waals surface area contributed by atoms with E-state index in [2.05, 4.69) is 9.47 Å². The lowest BCUT2D eigenvalue weighted by Gasteiger charge is -2.06. The summed E-state index contributed by atoms with van der Waals surface area (Å²) in [6.45, 7) is 1.05. The quantitative estimate of drug-likeness (QED) is 0.307. The molecule has 0 fully saturated rings. The summed E-state index contributed by atoms with van der Waals surface area (Å²) in [4.78, 5) is 20.8. The van der Waals surface area contributed by atoms with Crippen molar-refractivity contribution in [1.29, 1.82) is 0 Å². The van der Waals surface area contributed by atoms with Gasteiger partial charge in [0.15, 0.2) is 0 Å². The number of aldehydes is 1. The van der Waals surface area contributed by atoms with E-state index < -0.39 is 6.16 Å². The second-order valence-corrected chi connectivity index (χ2v) is 2.85. The van der Waals surface area contributed by atoms with Crippen LogP contribution in [0.25, 0.3) is 0 Å². The molecular weight excluding hydrogens is 232 g/mol. The average Bonchev–Trinajstić information content (AvgIpc) is 2.33. The Kier molecular flexibility index (Phi) is 12.0. The normalized spacial score (nSPS) is 9.94. The molecule has 0 aliphatic carbocycles. The van der Waals surface area contributed by atoms with Crippen molar-refractivity contribution in [2.75, 3.05) is 46.2 Å². The van der Waals surface area contributed by atoms with Gasteiger partial charge in [0.05, 0.1) is 33.0 Å². The molecule has 0 aliphatic heterocycles. The van der Waals surface area contributed by atoms with E-state index in [9.17, 15) is 9.59 Å². The van der Waals surface area contributed by atoms with Gasteiger partial charge in [0, 0.05) is 6.42 Å². The van der Waals surface area contributed by atoms with E-state index in [0.717, 1.165) is 6.29 Å². The average molecular weight is 250 g/mol. The molecule has 0 aromatic carbocycles. The molecule has 0 bridgehead atoms. The van der Waals surface area contributed by atoms with Gasteiger partial charge in [-0.1, -0.05) is 0 Å². The first-order chi connectivity index (χ1) is 8.31. The maximum Gasteiger partial charge on any atom is 0.508 e. The molecule has 0 radical (unpaired) electrons. The van der Waals surface area contributed by atoms with Crippen LogP contribution in [0.2, 0.25) is 0 Å². The van der Waals surface area contributed by atoms with Gasteiger partial charge >= 0.3 is 6.16 Å². The van der Waals surface area contributed by atoms with Gasteiger partial charge in [0.25, 0.3) is 0 Å². The zero-order chi connectivity index (χ0) is 12.8. The topological polar surface area (TPSA) is 91.3 Å². The summed E-state index contributed by atoms with van der Waals surface area (Å²) < 4.78 is 19.1. The predicted octanol–water partition coefficient (Wildman–Crippen LogP) is -0.246. The number of hydrogen-bond acceptors (Lipinski definition) is 7. The number of hydrogen-bond donors (Lipinski definition) is 1. The molecule has 17 heavy (non-hydrogen) atoms. The largest absolute Gasteiger partial charge is 0.508 e. The summed E-state index contributed by atoms with van der Waals surface area (Å²) >= 11 is 0. The van der Waals surface area contributed by atoms with Gasteiger partial charge in [-0.05, 0) is 0 Å². The van der Waals surface area contributed by atoms with E-state index in [-0.39, 0.29) is 39.6 Å². The van der Waals surface area contributed by atoms with Gasteiger partial charge in [0.2, 0.25) is 0 Å². The van der Waals surface area contributed by atoms with Crippen molar-refractivity contribution in [2.24, 2.45) is 0 Å². The molecule has 7 heteroatoms. The lowest BCUT2D eigenvalue weighted by atomic mass is 10.5. The molecule has 0 atom stereocenters. The second-order valence-electron chi connectivity index (χ2n) is 2.85. The van der Waals surface area contributed by atoms with E-state index in [1.54, 1.807) is 0 Å². The fourth-order valence-corrected chi connectivity index (χ4v) is 0.810. The summed E-state index contributed by atoms with van der Waals surface area (Å²) in [6.07, 6.45) is 0.283. The number of carbonyl (C=O) groups excluding carboxylic acids is 2. The molecule has 100 valence electrons. The molecular formula is C10H18O7. The molecule has 0 aliphatic rings. The Morgan fingerprint density at radius 3 is 2.06 bits per heavy atom. The number of rotatable bonds is 11. The Hall–Kier alpha value is -1.18. The lowest BCUT2D eigenvalue weighted by molar-refractivity contribution is -0.108. The molecule has 1 N–H and O–H groups in total. The van der Waals surface area contributed by atoms with Crippen LogP contribution < -0.4 is 0 Å². The Morgan fingerprint density at radius 1 is 0.941 bits per heavy atom. The first-order valence-corrected chi connectivity index (χ1v) is 5.30. The third kappa shape index (κ3) is 12.8. The maximum absolute atomic E-state index is 10.9. The zero-order valence-electron chi connectivity index (χ0n) is 9.63. The smallest absolute Gasteiger partial charge is 0.432 e. The van der Waals surface area contributed by atoms with Crippen molar-refractivity contribution in [3.63, 3.8) is 0 Å². The first-order valence-electron chi connectivity index (χ1n) is 5.30. The Morgan fingerprint density at radius 2 is 1.53 bits per heavy atom. The van der Waals surface area contributed by atoms with Crippen molar-refractivity contribution in [2.45, 2.75) is 6.42 Å². The molecule has 0 spiro atoms. The number of carbonyl (C=O) groups is 2.